The minimum atomic E-state index is 0.326. The number of rotatable bonds is 6. The molecule has 0 radical (unpaired) electrons. The Morgan fingerprint density at radius 3 is 3.00 bits per heavy atom. The minimum Gasteiger partial charge on any atom is -0.380 e. The number of aromatic nitrogens is 2. The van der Waals surface area contributed by atoms with Crippen LogP contribution in [-0.4, -0.2) is 41.3 Å². The normalized spacial score (nSPS) is 24.8. The zero-order valence-corrected chi connectivity index (χ0v) is 11.0. The molecule has 1 aliphatic carbocycles. The molecule has 18 heavy (non-hydrogen) atoms. The summed E-state index contributed by atoms with van der Waals surface area (Å²) in [5, 5.41) is 4.05. The summed E-state index contributed by atoms with van der Waals surface area (Å²) in [6.45, 7) is 5.70. The maximum Gasteiger partial charge on any atom is 0.223 e. The summed E-state index contributed by atoms with van der Waals surface area (Å²) in [5.74, 6) is 2.34. The van der Waals surface area contributed by atoms with Crippen LogP contribution in [0.1, 0.15) is 43.4 Å². The zero-order chi connectivity index (χ0) is 12.4. The SMILES string of the molecule is Cc1nc([C@H]2CCCN2CCOCC2CC2)no1. The van der Waals surface area contributed by atoms with Crippen LogP contribution >= 0.6 is 0 Å². The lowest BCUT2D eigenvalue weighted by molar-refractivity contribution is 0.0908. The molecule has 0 bridgehead atoms. The van der Waals surface area contributed by atoms with Gasteiger partial charge in [-0.25, -0.2) is 0 Å². The molecular formula is C13H21N3O2. The summed E-state index contributed by atoms with van der Waals surface area (Å²) in [6.07, 6.45) is 5.05. The van der Waals surface area contributed by atoms with Crippen molar-refractivity contribution in [1.29, 1.82) is 0 Å². The van der Waals surface area contributed by atoms with E-state index in [0.29, 0.717) is 11.9 Å². The molecule has 2 heterocycles. The Balaban J connectivity index is 1.47. The first-order chi connectivity index (χ1) is 8.83. The number of nitrogens with zero attached hydrogens (tertiary/aromatic N) is 3. The van der Waals surface area contributed by atoms with Gasteiger partial charge in [0.1, 0.15) is 0 Å². The van der Waals surface area contributed by atoms with Gasteiger partial charge in [-0.2, -0.15) is 4.98 Å². The van der Waals surface area contributed by atoms with Crippen LogP contribution in [0.15, 0.2) is 4.52 Å². The molecule has 100 valence electrons. The van der Waals surface area contributed by atoms with E-state index >= 15 is 0 Å². The van der Waals surface area contributed by atoms with Crippen LogP contribution in [0.2, 0.25) is 0 Å². The molecule has 1 atom stereocenters. The van der Waals surface area contributed by atoms with Crippen LogP contribution in [0, 0.1) is 12.8 Å². The summed E-state index contributed by atoms with van der Waals surface area (Å²) < 4.78 is 10.8. The minimum absolute atomic E-state index is 0.326. The average Bonchev–Trinajstić information content (AvgIpc) is 2.89. The van der Waals surface area contributed by atoms with Crippen LogP contribution in [0.3, 0.4) is 0 Å². The third-order valence-electron chi connectivity index (χ3n) is 3.78. The van der Waals surface area contributed by atoms with E-state index in [2.05, 4.69) is 15.0 Å². The van der Waals surface area contributed by atoms with E-state index in [1.165, 1.54) is 19.3 Å². The molecule has 1 aliphatic heterocycles. The molecule has 5 nitrogen and oxygen atoms in total. The summed E-state index contributed by atoms with van der Waals surface area (Å²) in [4.78, 5) is 6.76. The molecule has 2 fully saturated rings. The Hall–Kier alpha value is -0.940. The van der Waals surface area contributed by atoms with Gasteiger partial charge in [0, 0.05) is 20.1 Å². The highest BCUT2D eigenvalue weighted by Gasteiger charge is 2.29. The fourth-order valence-corrected chi connectivity index (χ4v) is 2.55. The van der Waals surface area contributed by atoms with Crippen molar-refractivity contribution < 1.29 is 9.26 Å². The van der Waals surface area contributed by atoms with E-state index in [-0.39, 0.29) is 0 Å². The third kappa shape index (κ3) is 2.90. The highest BCUT2D eigenvalue weighted by molar-refractivity contribution is 4.97. The Morgan fingerprint density at radius 1 is 1.39 bits per heavy atom. The summed E-state index contributed by atoms with van der Waals surface area (Å²) in [6, 6.07) is 0.326. The lowest BCUT2D eigenvalue weighted by Crippen LogP contribution is -2.28. The van der Waals surface area contributed by atoms with Crippen molar-refractivity contribution in [2.45, 2.75) is 38.6 Å². The standard InChI is InChI=1S/C13H21N3O2/c1-10-14-13(15-18-10)12-3-2-6-16(12)7-8-17-9-11-4-5-11/h11-12H,2-9H2,1H3/t12-/m1/s1. The van der Waals surface area contributed by atoms with Gasteiger partial charge in [-0.1, -0.05) is 5.16 Å². The first-order valence-electron chi connectivity index (χ1n) is 6.95. The van der Waals surface area contributed by atoms with E-state index in [1.54, 1.807) is 0 Å². The highest BCUT2D eigenvalue weighted by Crippen LogP contribution is 2.30. The molecule has 1 saturated heterocycles. The quantitative estimate of drug-likeness (QED) is 0.723. The number of hydrogen-bond donors (Lipinski definition) is 0. The Kier molecular flexibility index (Phi) is 3.61. The fourth-order valence-electron chi connectivity index (χ4n) is 2.55. The largest absolute Gasteiger partial charge is 0.380 e. The van der Waals surface area contributed by atoms with Crippen molar-refractivity contribution in [3.8, 4) is 0 Å². The van der Waals surface area contributed by atoms with E-state index < -0.39 is 0 Å². The van der Waals surface area contributed by atoms with Gasteiger partial charge in [0.05, 0.1) is 12.6 Å². The molecule has 2 aliphatic rings. The lowest BCUT2D eigenvalue weighted by atomic mass is 10.2. The van der Waals surface area contributed by atoms with Crippen LogP contribution < -0.4 is 0 Å². The molecule has 1 aromatic rings. The lowest BCUT2D eigenvalue weighted by Gasteiger charge is -2.21. The maximum atomic E-state index is 5.70. The highest BCUT2D eigenvalue weighted by atomic mass is 16.5. The van der Waals surface area contributed by atoms with E-state index in [0.717, 1.165) is 44.5 Å². The summed E-state index contributed by atoms with van der Waals surface area (Å²) in [5.41, 5.74) is 0. The van der Waals surface area contributed by atoms with Crippen molar-refractivity contribution in [1.82, 2.24) is 15.0 Å². The molecule has 0 spiro atoms. The second kappa shape index (κ2) is 5.36. The van der Waals surface area contributed by atoms with Crippen molar-refractivity contribution in [2.75, 3.05) is 26.3 Å². The molecule has 0 N–H and O–H groups in total. The van der Waals surface area contributed by atoms with Crippen LogP contribution in [0.4, 0.5) is 0 Å². The summed E-state index contributed by atoms with van der Waals surface area (Å²) in [7, 11) is 0. The molecule has 3 rings (SSSR count). The predicted molar refractivity (Wildman–Crippen MR) is 66.1 cm³/mol. The van der Waals surface area contributed by atoms with Gasteiger partial charge in [-0.05, 0) is 38.1 Å². The van der Waals surface area contributed by atoms with Gasteiger partial charge in [0.25, 0.3) is 0 Å². The molecular weight excluding hydrogens is 230 g/mol. The molecule has 0 unspecified atom stereocenters. The average molecular weight is 251 g/mol. The second-order valence-corrected chi connectivity index (χ2v) is 5.38. The Labute approximate surface area is 107 Å². The molecule has 5 heteroatoms. The second-order valence-electron chi connectivity index (χ2n) is 5.38. The van der Waals surface area contributed by atoms with Crippen molar-refractivity contribution in [2.24, 2.45) is 5.92 Å². The number of ether oxygens (including phenoxy) is 1. The van der Waals surface area contributed by atoms with Gasteiger partial charge in [-0.15, -0.1) is 0 Å². The van der Waals surface area contributed by atoms with E-state index in [4.69, 9.17) is 9.26 Å². The summed E-state index contributed by atoms with van der Waals surface area (Å²) >= 11 is 0. The number of aryl methyl sites for hydroxylation is 1. The molecule has 1 saturated carbocycles. The van der Waals surface area contributed by atoms with Crippen molar-refractivity contribution >= 4 is 0 Å². The van der Waals surface area contributed by atoms with E-state index in [9.17, 15) is 0 Å². The topological polar surface area (TPSA) is 51.4 Å². The van der Waals surface area contributed by atoms with Gasteiger partial charge >= 0.3 is 0 Å². The van der Waals surface area contributed by atoms with Crippen LogP contribution in [-0.2, 0) is 4.74 Å². The van der Waals surface area contributed by atoms with Gasteiger partial charge < -0.3 is 9.26 Å². The van der Waals surface area contributed by atoms with Gasteiger partial charge in [0.15, 0.2) is 5.82 Å². The van der Waals surface area contributed by atoms with E-state index in [1.807, 2.05) is 6.92 Å². The third-order valence-corrected chi connectivity index (χ3v) is 3.78. The molecule has 0 amide bonds. The van der Waals surface area contributed by atoms with Crippen molar-refractivity contribution in [3.63, 3.8) is 0 Å². The predicted octanol–water partition coefficient (Wildman–Crippen LogP) is 1.94. The monoisotopic (exact) mass is 251 g/mol. The molecule has 1 aromatic heterocycles. The smallest absolute Gasteiger partial charge is 0.223 e. The molecule has 0 aromatic carbocycles. The Bertz CT molecular complexity index is 389. The number of likely N-dealkylation sites (tertiary alicyclic amines) is 1. The van der Waals surface area contributed by atoms with Crippen LogP contribution in [0.25, 0.3) is 0 Å². The fraction of sp³-hybridized carbons (Fsp3) is 0.846. The first kappa shape index (κ1) is 12.1. The maximum absolute atomic E-state index is 5.70. The van der Waals surface area contributed by atoms with Crippen LogP contribution in [0.5, 0.6) is 0 Å². The van der Waals surface area contributed by atoms with Gasteiger partial charge in [-0.3, -0.25) is 4.90 Å². The Morgan fingerprint density at radius 2 is 2.28 bits per heavy atom. The first-order valence-corrected chi connectivity index (χ1v) is 6.95. The number of hydrogen-bond acceptors (Lipinski definition) is 5. The zero-order valence-electron chi connectivity index (χ0n) is 11.0. The van der Waals surface area contributed by atoms with Crippen molar-refractivity contribution in [3.05, 3.63) is 11.7 Å². The van der Waals surface area contributed by atoms with Gasteiger partial charge in [0.2, 0.25) is 5.89 Å².